The fourth-order valence-electron chi connectivity index (χ4n) is 0. The third-order valence-corrected chi connectivity index (χ3v) is 0. The van der Waals surface area contributed by atoms with Gasteiger partial charge in [0, 0.05) is 76.7 Å². The van der Waals surface area contributed by atoms with E-state index in [9.17, 15) is 0 Å². The first kappa shape index (κ1) is 32.1. The van der Waals surface area contributed by atoms with Crippen molar-refractivity contribution in [3.05, 3.63) is 0 Å². The number of hydrogen-bond acceptors (Lipinski definition) is 0. The van der Waals surface area contributed by atoms with Crippen LogP contribution in [0.5, 0.6) is 0 Å². The topological polar surface area (TPSA) is 0 Å². The Morgan fingerprint density at radius 2 is 1.00 bits per heavy atom. The van der Waals surface area contributed by atoms with Crippen molar-refractivity contribution in [2.75, 3.05) is 0 Å². The molecule has 0 aliphatic carbocycles. The number of rotatable bonds is 0. The third-order valence-electron chi connectivity index (χ3n) is 0. The van der Waals surface area contributed by atoms with Gasteiger partial charge in [0.25, 0.3) is 0 Å². The quantitative estimate of drug-likeness (QED) is 0.476. The van der Waals surface area contributed by atoms with Crippen LogP contribution in [-0.4, -0.2) is 23.1 Å². The molecule has 22 valence electrons. The fourth-order valence-corrected chi connectivity index (χ4v) is 0. The summed E-state index contributed by atoms with van der Waals surface area (Å²) in [5, 5.41) is 0. The summed E-state index contributed by atoms with van der Waals surface area (Å²) in [4.78, 5) is 0. The van der Waals surface area contributed by atoms with E-state index in [1.807, 2.05) is 0 Å². The Labute approximate surface area is 75.7 Å². The third kappa shape index (κ3) is 8.83. The minimum atomic E-state index is 0. The Balaban J connectivity index is 0. The average molecular weight is 208 g/mol. The van der Waals surface area contributed by atoms with Crippen LogP contribution in [0, 0.1) is 0 Å². The molecular weight excluding hydrogens is 208 g/mol. The van der Waals surface area contributed by atoms with Gasteiger partial charge in [0.2, 0.25) is 0 Å². The molecule has 0 aromatic rings. The molecule has 0 aromatic carbocycles. The second kappa shape index (κ2) is 18.1. The van der Waals surface area contributed by atoms with Gasteiger partial charge in [-0.1, -0.05) is 0 Å². The standard InChI is InChI=1S/Cu.Mg.Mn.Zn. The van der Waals surface area contributed by atoms with E-state index < -0.39 is 0 Å². The molecule has 4 heteroatoms. The average Bonchev–Trinajstić information content (AvgIpc) is 0. The summed E-state index contributed by atoms with van der Waals surface area (Å²) in [5.41, 5.74) is 0. The molecule has 0 N–H and O–H groups in total. The number of hydrogen-bond donors (Lipinski definition) is 0. The predicted molar refractivity (Wildman–Crippen MR) is 5.75 cm³/mol. The van der Waals surface area contributed by atoms with E-state index in [2.05, 4.69) is 0 Å². The van der Waals surface area contributed by atoms with Gasteiger partial charge in [0.1, 0.15) is 0 Å². The zero-order valence-electron chi connectivity index (χ0n) is 2.09. The van der Waals surface area contributed by atoms with E-state index in [4.69, 9.17) is 0 Å². The molecule has 0 spiro atoms. The van der Waals surface area contributed by atoms with Crippen LogP contribution in [0.4, 0.5) is 0 Å². The maximum Gasteiger partial charge on any atom is 0 e. The summed E-state index contributed by atoms with van der Waals surface area (Å²) >= 11 is 0. The van der Waals surface area contributed by atoms with Crippen molar-refractivity contribution >= 4 is 23.1 Å². The van der Waals surface area contributed by atoms with Crippen molar-refractivity contribution < 1.29 is 53.6 Å². The molecule has 0 aliphatic rings. The van der Waals surface area contributed by atoms with Gasteiger partial charge in [-0.3, -0.25) is 0 Å². The van der Waals surface area contributed by atoms with E-state index in [0.29, 0.717) is 0 Å². The summed E-state index contributed by atoms with van der Waals surface area (Å²) in [6.07, 6.45) is 0. The summed E-state index contributed by atoms with van der Waals surface area (Å²) in [5.74, 6) is 0. The SMILES string of the molecule is [Cu].[Mg].[Mn].[Zn]. The molecule has 0 bridgehead atoms. The van der Waals surface area contributed by atoms with Crippen LogP contribution in [-0.2, 0) is 53.6 Å². The molecule has 0 amide bonds. The summed E-state index contributed by atoms with van der Waals surface area (Å²) < 4.78 is 0. The maximum absolute atomic E-state index is 0. The smallest absolute Gasteiger partial charge is 0 e. The van der Waals surface area contributed by atoms with E-state index in [1.54, 1.807) is 0 Å². The first-order valence-corrected chi connectivity index (χ1v) is 0. The van der Waals surface area contributed by atoms with E-state index in [0.717, 1.165) is 0 Å². The monoisotopic (exact) mass is 206 g/mol. The van der Waals surface area contributed by atoms with Gasteiger partial charge in [-0.25, -0.2) is 0 Å². The molecule has 0 atom stereocenters. The second-order valence-corrected chi connectivity index (χ2v) is 0. The fraction of sp³-hybridized carbons (Fsp3) is 0. The largest absolute Gasteiger partial charge is 0 e. The molecule has 0 saturated heterocycles. The Kier molecular flexibility index (Phi) is 145. The molecule has 0 fully saturated rings. The van der Waals surface area contributed by atoms with Crippen molar-refractivity contribution in [1.82, 2.24) is 0 Å². The van der Waals surface area contributed by atoms with Crippen LogP contribution in [0.3, 0.4) is 0 Å². The van der Waals surface area contributed by atoms with Crippen LogP contribution >= 0.6 is 0 Å². The van der Waals surface area contributed by atoms with Gasteiger partial charge in [-0.2, -0.15) is 0 Å². The summed E-state index contributed by atoms with van der Waals surface area (Å²) in [7, 11) is 0. The van der Waals surface area contributed by atoms with Gasteiger partial charge in [0.15, 0.2) is 0 Å². The first-order chi connectivity index (χ1) is 0. The van der Waals surface area contributed by atoms with E-state index in [-0.39, 0.29) is 76.7 Å². The maximum atomic E-state index is 0. The van der Waals surface area contributed by atoms with Crippen molar-refractivity contribution in [3.8, 4) is 0 Å². The summed E-state index contributed by atoms with van der Waals surface area (Å²) in [6.45, 7) is 0. The van der Waals surface area contributed by atoms with Crippen molar-refractivity contribution in [1.29, 1.82) is 0 Å². The van der Waals surface area contributed by atoms with Crippen LogP contribution in [0.1, 0.15) is 0 Å². The Morgan fingerprint density at radius 3 is 1.00 bits per heavy atom. The molecule has 0 heterocycles. The van der Waals surface area contributed by atoms with Gasteiger partial charge >= 0.3 is 0 Å². The Hall–Kier alpha value is 2.43. The minimum absolute atomic E-state index is 0. The van der Waals surface area contributed by atoms with E-state index in [1.165, 1.54) is 0 Å². The molecule has 0 aliphatic heterocycles. The van der Waals surface area contributed by atoms with E-state index >= 15 is 0 Å². The molecule has 0 nitrogen and oxygen atoms in total. The van der Waals surface area contributed by atoms with Crippen LogP contribution in [0.25, 0.3) is 0 Å². The second-order valence-electron chi connectivity index (χ2n) is 0. The van der Waals surface area contributed by atoms with Crippen LogP contribution < -0.4 is 0 Å². The van der Waals surface area contributed by atoms with Gasteiger partial charge < -0.3 is 0 Å². The first-order valence-electron chi connectivity index (χ1n) is 0. The molecular formula is CuMgMnZn. The van der Waals surface area contributed by atoms with Gasteiger partial charge in [-0.05, 0) is 0 Å². The summed E-state index contributed by atoms with van der Waals surface area (Å²) in [6, 6.07) is 0. The zero-order valence-corrected chi connectivity index (χ0v) is 8.60. The molecule has 0 aromatic heterocycles. The molecule has 4 heavy (non-hydrogen) atoms. The predicted octanol–water partition coefficient (Wildman–Crippen LogP) is -0.388. The van der Waals surface area contributed by atoms with Gasteiger partial charge in [0.05, 0.1) is 0 Å². The molecule has 0 saturated carbocycles. The Bertz CT molecular complexity index is 8.00. The minimum Gasteiger partial charge on any atom is 0 e. The zero-order chi connectivity index (χ0) is 0. The van der Waals surface area contributed by atoms with Crippen molar-refractivity contribution in [3.63, 3.8) is 0 Å². The normalized spacial score (nSPS) is 0. The molecule has 0 unspecified atom stereocenters. The molecule has 0 rings (SSSR count). The Morgan fingerprint density at radius 1 is 1.00 bits per heavy atom. The molecule has 4 radical (unpaired) electrons. The van der Waals surface area contributed by atoms with Gasteiger partial charge in [-0.15, -0.1) is 0 Å². The van der Waals surface area contributed by atoms with Crippen LogP contribution in [0.2, 0.25) is 0 Å². The van der Waals surface area contributed by atoms with Crippen LogP contribution in [0.15, 0.2) is 0 Å². The van der Waals surface area contributed by atoms with Crippen molar-refractivity contribution in [2.45, 2.75) is 0 Å². The van der Waals surface area contributed by atoms with Crippen molar-refractivity contribution in [2.24, 2.45) is 0 Å².